The summed E-state index contributed by atoms with van der Waals surface area (Å²) in [5.41, 5.74) is 0.483. The van der Waals surface area contributed by atoms with Gasteiger partial charge in [-0.25, -0.2) is 0 Å². The van der Waals surface area contributed by atoms with E-state index in [0.717, 1.165) is 35.5 Å². The fraction of sp³-hybridized carbons (Fsp3) is 1.00. The Balaban J connectivity index is 0.991. The molecule has 0 amide bonds. The predicted molar refractivity (Wildman–Crippen MR) is 181 cm³/mol. The van der Waals surface area contributed by atoms with Crippen LogP contribution in [0.3, 0.4) is 0 Å². The lowest BCUT2D eigenvalue weighted by atomic mass is 9.42. The van der Waals surface area contributed by atoms with Crippen LogP contribution in [0.25, 0.3) is 0 Å². The van der Waals surface area contributed by atoms with Crippen molar-refractivity contribution in [2.75, 3.05) is 0 Å². The van der Waals surface area contributed by atoms with E-state index >= 15 is 0 Å². The van der Waals surface area contributed by atoms with E-state index in [-0.39, 0.29) is 10.8 Å². The molecule has 2 spiro atoms. The van der Waals surface area contributed by atoms with Crippen molar-refractivity contribution in [3.05, 3.63) is 0 Å². The monoisotopic (exact) mass is 606 g/mol. The van der Waals surface area contributed by atoms with Gasteiger partial charge in [0.25, 0.3) is 0 Å². The van der Waals surface area contributed by atoms with Gasteiger partial charge in [0, 0.05) is 10.8 Å². The molecule has 0 radical (unpaired) electrons. The minimum atomic E-state index is -0.456. The van der Waals surface area contributed by atoms with E-state index in [1.54, 1.807) is 0 Å². The molecular weight excluding hydrogens is 539 g/mol. The Labute approximate surface area is 266 Å². The Morgan fingerprint density at radius 2 is 0.805 bits per heavy atom. The Morgan fingerprint density at radius 3 is 1.22 bits per heavy atom. The quantitative estimate of drug-likeness (QED) is 0.144. The van der Waals surface area contributed by atoms with Crippen molar-refractivity contribution in [3.8, 4) is 0 Å². The third kappa shape index (κ3) is 7.53. The molecule has 41 heavy (non-hydrogen) atoms. The van der Waals surface area contributed by atoms with Crippen molar-refractivity contribution < 1.29 is 0 Å². The fourth-order valence-corrected chi connectivity index (χ4v) is 12.4. The molecule has 5 aliphatic rings. The Kier molecular flexibility index (Phi) is 12.3. The largest absolute Gasteiger partial charge is 0.129 e. The van der Waals surface area contributed by atoms with Gasteiger partial charge in [-0.3, -0.25) is 0 Å². The highest BCUT2D eigenvalue weighted by atomic mass is 35.5. The second kappa shape index (κ2) is 15.2. The van der Waals surface area contributed by atoms with Crippen molar-refractivity contribution in [3.63, 3.8) is 0 Å². The lowest BCUT2D eigenvalue weighted by molar-refractivity contribution is -0.122. The molecule has 5 aliphatic carbocycles. The number of rotatable bonds is 13. The van der Waals surface area contributed by atoms with E-state index in [1.807, 2.05) is 0 Å². The van der Waals surface area contributed by atoms with E-state index in [0.29, 0.717) is 0 Å². The van der Waals surface area contributed by atoms with Crippen LogP contribution in [-0.2, 0) is 0 Å². The minimum absolute atomic E-state index is 0.241. The molecular formula is C39H68Cl2. The molecule has 0 aromatic rings. The number of hydrogen-bond donors (Lipinski definition) is 0. The summed E-state index contributed by atoms with van der Waals surface area (Å²) in [5, 5.41) is 0. The molecule has 0 saturated heterocycles. The first-order valence-electron chi connectivity index (χ1n) is 19.3. The van der Waals surface area contributed by atoms with Crippen molar-refractivity contribution in [2.45, 2.75) is 198 Å². The van der Waals surface area contributed by atoms with Crippen molar-refractivity contribution in [2.24, 2.45) is 46.3 Å². The molecule has 0 heterocycles. The zero-order valence-electron chi connectivity index (χ0n) is 27.5. The normalized spacial score (nSPS) is 41.0. The summed E-state index contributed by atoms with van der Waals surface area (Å²) < 4.78 is -0.456. The van der Waals surface area contributed by atoms with Gasteiger partial charge in [-0.2, -0.15) is 0 Å². The summed E-state index contributed by atoms with van der Waals surface area (Å²) in [5.74, 6) is 5.99. The molecule has 2 heteroatoms. The Hall–Kier alpha value is 0.580. The van der Waals surface area contributed by atoms with E-state index in [1.165, 1.54) is 180 Å². The number of halogens is 2. The zero-order valence-corrected chi connectivity index (χ0v) is 29.0. The maximum Gasteiger partial charge on any atom is 0.129 e. The van der Waals surface area contributed by atoms with Gasteiger partial charge in [0.1, 0.15) is 4.33 Å². The number of unbranched alkanes of at least 4 members (excludes halogenated alkanes) is 7. The zero-order chi connectivity index (χ0) is 28.8. The van der Waals surface area contributed by atoms with E-state index in [2.05, 4.69) is 13.8 Å². The molecule has 0 N–H and O–H groups in total. The SMILES string of the molecule is CCCCCCCCC[C@H]1CC[C@H](C2CCC3(CC2)CC2(CCC([C@H]4CC[C@H](CCCC)CC4)CC2)C3(Cl)Cl)CC1. The van der Waals surface area contributed by atoms with Crippen LogP contribution >= 0.6 is 23.2 Å². The van der Waals surface area contributed by atoms with Crippen molar-refractivity contribution >= 4 is 23.2 Å². The Morgan fingerprint density at radius 1 is 0.439 bits per heavy atom. The van der Waals surface area contributed by atoms with Gasteiger partial charge < -0.3 is 0 Å². The maximum atomic E-state index is 7.49. The van der Waals surface area contributed by atoms with Gasteiger partial charge >= 0.3 is 0 Å². The summed E-state index contributed by atoms with van der Waals surface area (Å²) in [4.78, 5) is 0. The summed E-state index contributed by atoms with van der Waals surface area (Å²) in [6.45, 7) is 4.66. The smallest absolute Gasteiger partial charge is 0.100 e. The first-order valence-corrected chi connectivity index (χ1v) is 20.1. The van der Waals surface area contributed by atoms with E-state index in [4.69, 9.17) is 23.2 Å². The van der Waals surface area contributed by atoms with Crippen molar-refractivity contribution in [1.82, 2.24) is 0 Å². The standard InChI is InChI=1S/C39H68Cl2/c1-3-5-7-8-9-10-11-13-32-16-20-34(21-17-32)36-24-28-38(29-25-36)30-37(39(38,40)41)26-22-35(23-27-37)33-18-14-31(15-19-33)12-6-4-2/h31-36H,3-30H2,1-2H3/t31-,32-,33-,34-,35?,36?,37?,38?. The molecule has 0 bridgehead atoms. The topological polar surface area (TPSA) is 0 Å². The molecule has 0 aliphatic heterocycles. The summed E-state index contributed by atoms with van der Waals surface area (Å²) in [6.07, 6.45) is 40.3. The molecule has 0 aromatic heterocycles. The van der Waals surface area contributed by atoms with Gasteiger partial charge in [-0.15, -0.1) is 23.2 Å². The number of alkyl halides is 2. The molecule has 0 aromatic carbocycles. The van der Waals surface area contributed by atoms with Gasteiger partial charge in [0.05, 0.1) is 0 Å². The minimum Gasteiger partial charge on any atom is -0.100 e. The highest BCUT2D eigenvalue weighted by Crippen LogP contribution is 2.77. The average molecular weight is 608 g/mol. The average Bonchev–Trinajstić information content (AvgIpc) is 3.01. The van der Waals surface area contributed by atoms with Gasteiger partial charge in [-0.05, 0) is 119 Å². The Bertz CT molecular complexity index is 740. The van der Waals surface area contributed by atoms with Crippen LogP contribution in [0, 0.1) is 46.3 Å². The van der Waals surface area contributed by atoms with Crippen LogP contribution in [0.2, 0.25) is 0 Å². The van der Waals surface area contributed by atoms with Gasteiger partial charge in [-0.1, -0.05) is 110 Å². The first kappa shape index (κ1) is 33.0. The van der Waals surface area contributed by atoms with Crippen LogP contribution in [0.1, 0.15) is 194 Å². The highest BCUT2D eigenvalue weighted by molar-refractivity contribution is 6.50. The number of hydrogen-bond acceptors (Lipinski definition) is 0. The van der Waals surface area contributed by atoms with Crippen molar-refractivity contribution in [1.29, 1.82) is 0 Å². The third-order valence-corrected chi connectivity index (χ3v) is 15.9. The first-order chi connectivity index (χ1) is 19.9. The van der Waals surface area contributed by atoms with Crippen LogP contribution in [0.15, 0.2) is 0 Å². The molecule has 5 fully saturated rings. The molecule has 5 rings (SSSR count). The third-order valence-electron chi connectivity index (χ3n) is 14.3. The van der Waals surface area contributed by atoms with Crippen LogP contribution in [0.5, 0.6) is 0 Å². The predicted octanol–water partition coefficient (Wildman–Crippen LogP) is 13.9. The van der Waals surface area contributed by atoms with Crippen LogP contribution in [0.4, 0.5) is 0 Å². The van der Waals surface area contributed by atoms with Gasteiger partial charge in [0.15, 0.2) is 0 Å². The molecule has 0 unspecified atom stereocenters. The second-order valence-corrected chi connectivity index (χ2v) is 17.9. The molecule has 0 nitrogen and oxygen atoms in total. The summed E-state index contributed by atoms with van der Waals surface area (Å²) in [6, 6.07) is 0. The highest BCUT2D eigenvalue weighted by Gasteiger charge is 2.72. The summed E-state index contributed by atoms with van der Waals surface area (Å²) >= 11 is 15.0. The van der Waals surface area contributed by atoms with Gasteiger partial charge in [0.2, 0.25) is 0 Å². The molecule has 0 atom stereocenters. The lowest BCUT2D eigenvalue weighted by Gasteiger charge is -2.69. The fourth-order valence-electron chi connectivity index (χ4n) is 11.4. The molecule has 238 valence electrons. The maximum absolute atomic E-state index is 7.49. The molecule has 5 saturated carbocycles. The van der Waals surface area contributed by atoms with E-state index in [9.17, 15) is 0 Å². The second-order valence-electron chi connectivity index (χ2n) is 16.6. The van der Waals surface area contributed by atoms with Crippen LogP contribution in [-0.4, -0.2) is 4.33 Å². The van der Waals surface area contributed by atoms with E-state index < -0.39 is 4.33 Å². The lowest BCUT2D eigenvalue weighted by Crippen LogP contribution is -2.66. The van der Waals surface area contributed by atoms with Crippen LogP contribution < -0.4 is 0 Å². The summed E-state index contributed by atoms with van der Waals surface area (Å²) in [7, 11) is 0.